The molecule has 1 aromatic carbocycles. The number of hydrogen-bond donors (Lipinski definition) is 1. The Balaban J connectivity index is 2.16. The average Bonchev–Trinajstić information content (AvgIpc) is 2.20. The van der Waals surface area contributed by atoms with E-state index in [-0.39, 0.29) is 5.92 Å². The van der Waals surface area contributed by atoms with Gasteiger partial charge in [0.1, 0.15) is 0 Å². The molecule has 1 aliphatic rings. The van der Waals surface area contributed by atoms with Gasteiger partial charge in [0, 0.05) is 17.0 Å². The quantitative estimate of drug-likeness (QED) is 0.838. The molecule has 0 aromatic heterocycles. The van der Waals surface area contributed by atoms with E-state index in [9.17, 15) is 5.11 Å². The van der Waals surface area contributed by atoms with Crippen LogP contribution in [0.5, 0.6) is 0 Å². The van der Waals surface area contributed by atoms with Crippen LogP contribution in [0.25, 0.3) is 0 Å². The molecule has 0 spiro atoms. The van der Waals surface area contributed by atoms with Crippen molar-refractivity contribution in [2.75, 3.05) is 6.61 Å². The summed E-state index contributed by atoms with van der Waals surface area (Å²) in [5.74, 6) is 0.136. The van der Waals surface area contributed by atoms with Gasteiger partial charge in [0.05, 0.1) is 0 Å². The van der Waals surface area contributed by atoms with Crippen molar-refractivity contribution in [3.05, 3.63) is 34.3 Å². The minimum absolute atomic E-state index is 0.136. The molecule has 0 bridgehead atoms. The van der Waals surface area contributed by atoms with Crippen LogP contribution < -0.4 is 0 Å². The highest BCUT2D eigenvalue weighted by molar-refractivity contribution is 9.10. The first kappa shape index (κ1) is 10.1. The molecule has 0 saturated carbocycles. The van der Waals surface area contributed by atoms with Gasteiger partial charge in [-0.25, -0.2) is 0 Å². The molecule has 3 heteroatoms. The Morgan fingerprint density at radius 3 is 2.64 bits per heavy atom. The minimum Gasteiger partial charge on any atom is -0.367 e. The number of hydrogen-bond acceptors (Lipinski definition) is 2. The predicted octanol–water partition coefficient (Wildman–Crippen LogP) is 2.66. The Hall–Kier alpha value is -0.380. The molecule has 1 heterocycles. The lowest BCUT2D eigenvalue weighted by Crippen LogP contribution is -2.27. The lowest BCUT2D eigenvalue weighted by atomic mass is 9.92. The average molecular weight is 257 g/mol. The summed E-state index contributed by atoms with van der Waals surface area (Å²) in [4.78, 5) is 0. The second-order valence-corrected chi connectivity index (χ2v) is 4.48. The minimum atomic E-state index is -0.634. The van der Waals surface area contributed by atoms with Crippen molar-refractivity contribution in [2.45, 2.75) is 25.0 Å². The van der Waals surface area contributed by atoms with Crippen LogP contribution >= 0.6 is 15.9 Å². The molecule has 2 rings (SSSR count). The lowest BCUT2D eigenvalue weighted by molar-refractivity contribution is -0.137. The van der Waals surface area contributed by atoms with Gasteiger partial charge in [-0.3, -0.25) is 0 Å². The molecule has 1 aromatic rings. The summed E-state index contributed by atoms with van der Waals surface area (Å²) >= 11 is 3.39. The van der Waals surface area contributed by atoms with E-state index in [1.165, 1.54) is 0 Å². The maximum atomic E-state index is 9.66. The Morgan fingerprint density at radius 1 is 1.29 bits per heavy atom. The number of aliphatic hydroxyl groups is 1. The zero-order valence-corrected chi connectivity index (χ0v) is 9.40. The summed E-state index contributed by atoms with van der Waals surface area (Å²) in [5, 5.41) is 9.66. The summed E-state index contributed by atoms with van der Waals surface area (Å²) in [6.07, 6.45) is 1.39. The second kappa shape index (κ2) is 4.43. The third kappa shape index (κ3) is 2.16. The van der Waals surface area contributed by atoms with Crippen LogP contribution in [0.1, 0.15) is 24.3 Å². The molecule has 76 valence electrons. The standard InChI is InChI=1S/C11H13BrO2/c12-9-5-3-8(4-6-9)10-2-1-7-14-11(10)13/h3-6,10-11,13H,1-2,7H2. The first-order valence-electron chi connectivity index (χ1n) is 4.82. The molecular weight excluding hydrogens is 244 g/mol. The van der Waals surface area contributed by atoms with Crippen LogP contribution in [0.15, 0.2) is 28.7 Å². The number of rotatable bonds is 1. The van der Waals surface area contributed by atoms with E-state index in [1.54, 1.807) is 0 Å². The Labute approximate surface area is 92.0 Å². The van der Waals surface area contributed by atoms with Crippen molar-refractivity contribution in [1.29, 1.82) is 0 Å². The van der Waals surface area contributed by atoms with Crippen LogP contribution in [0, 0.1) is 0 Å². The molecule has 0 radical (unpaired) electrons. The summed E-state index contributed by atoms with van der Waals surface area (Å²) in [6.45, 7) is 0.675. The molecular formula is C11H13BrO2. The third-order valence-corrected chi connectivity index (χ3v) is 3.12. The highest BCUT2D eigenvalue weighted by Gasteiger charge is 2.24. The molecule has 1 saturated heterocycles. The van der Waals surface area contributed by atoms with Crippen LogP contribution in [0.3, 0.4) is 0 Å². The van der Waals surface area contributed by atoms with Gasteiger partial charge in [0.2, 0.25) is 0 Å². The summed E-state index contributed by atoms with van der Waals surface area (Å²) in [5.41, 5.74) is 1.15. The van der Waals surface area contributed by atoms with Gasteiger partial charge in [-0.05, 0) is 30.5 Å². The highest BCUT2D eigenvalue weighted by atomic mass is 79.9. The van der Waals surface area contributed by atoms with E-state index in [0.717, 1.165) is 22.9 Å². The van der Waals surface area contributed by atoms with Crippen molar-refractivity contribution in [2.24, 2.45) is 0 Å². The van der Waals surface area contributed by atoms with E-state index in [4.69, 9.17) is 4.74 Å². The van der Waals surface area contributed by atoms with Crippen LogP contribution in [0.4, 0.5) is 0 Å². The van der Waals surface area contributed by atoms with Gasteiger partial charge in [0.25, 0.3) is 0 Å². The zero-order valence-electron chi connectivity index (χ0n) is 7.82. The molecule has 2 atom stereocenters. The second-order valence-electron chi connectivity index (χ2n) is 3.56. The molecule has 2 nitrogen and oxygen atoms in total. The van der Waals surface area contributed by atoms with E-state index in [2.05, 4.69) is 15.9 Å². The molecule has 0 aliphatic carbocycles. The molecule has 0 amide bonds. The van der Waals surface area contributed by atoms with E-state index in [1.807, 2.05) is 24.3 Å². The summed E-state index contributed by atoms with van der Waals surface area (Å²) in [6, 6.07) is 8.06. The molecule has 14 heavy (non-hydrogen) atoms. The summed E-state index contributed by atoms with van der Waals surface area (Å²) < 4.78 is 6.28. The molecule has 1 N–H and O–H groups in total. The van der Waals surface area contributed by atoms with Gasteiger partial charge in [-0.1, -0.05) is 28.1 Å². The Bertz CT molecular complexity index is 297. The fraction of sp³-hybridized carbons (Fsp3) is 0.455. The van der Waals surface area contributed by atoms with Crippen LogP contribution in [-0.2, 0) is 4.74 Å². The molecule has 2 unspecified atom stereocenters. The van der Waals surface area contributed by atoms with Crippen molar-refractivity contribution in [3.8, 4) is 0 Å². The van der Waals surface area contributed by atoms with Crippen molar-refractivity contribution in [1.82, 2.24) is 0 Å². The maximum absolute atomic E-state index is 9.66. The fourth-order valence-electron chi connectivity index (χ4n) is 1.81. The van der Waals surface area contributed by atoms with Gasteiger partial charge in [-0.2, -0.15) is 0 Å². The van der Waals surface area contributed by atoms with Gasteiger partial charge < -0.3 is 9.84 Å². The van der Waals surface area contributed by atoms with Crippen LogP contribution in [-0.4, -0.2) is 18.0 Å². The highest BCUT2D eigenvalue weighted by Crippen LogP contribution is 2.30. The summed E-state index contributed by atoms with van der Waals surface area (Å²) in [7, 11) is 0. The number of halogens is 1. The van der Waals surface area contributed by atoms with E-state index < -0.39 is 6.29 Å². The first-order valence-corrected chi connectivity index (χ1v) is 5.62. The third-order valence-electron chi connectivity index (χ3n) is 2.59. The SMILES string of the molecule is OC1OCCCC1c1ccc(Br)cc1. The Kier molecular flexibility index (Phi) is 3.21. The zero-order chi connectivity index (χ0) is 9.97. The molecule has 1 fully saturated rings. The van der Waals surface area contributed by atoms with Gasteiger partial charge in [0.15, 0.2) is 6.29 Å². The lowest BCUT2D eigenvalue weighted by Gasteiger charge is -2.28. The number of ether oxygens (including phenoxy) is 1. The van der Waals surface area contributed by atoms with Gasteiger partial charge in [-0.15, -0.1) is 0 Å². The van der Waals surface area contributed by atoms with Crippen molar-refractivity contribution >= 4 is 15.9 Å². The van der Waals surface area contributed by atoms with E-state index in [0.29, 0.717) is 6.61 Å². The topological polar surface area (TPSA) is 29.5 Å². The van der Waals surface area contributed by atoms with E-state index >= 15 is 0 Å². The number of benzene rings is 1. The molecule has 1 aliphatic heterocycles. The smallest absolute Gasteiger partial charge is 0.161 e. The largest absolute Gasteiger partial charge is 0.367 e. The van der Waals surface area contributed by atoms with Crippen LogP contribution in [0.2, 0.25) is 0 Å². The van der Waals surface area contributed by atoms with Crippen molar-refractivity contribution < 1.29 is 9.84 Å². The Morgan fingerprint density at radius 2 is 2.00 bits per heavy atom. The van der Waals surface area contributed by atoms with Gasteiger partial charge >= 0.3 is 0 Å². The van der Waals surface area contributed by atoms with Crippen molar-refractivity contribution in [3.63, 3.8) is 0 Å². The normalized spacial score (nSPS) is 27.6. The first-order chi connectivity index (χ1) is 6.77. The monoisotopic (exact) mass is 256 g/mol. The predicted molar refractivity (Wildman–Crippen MR) is 58.1 cm³/mol. The fourth-order valence-corrected chi connectivity index (χ4v) is 2.07. The number of aliphatic hydroxyl groups excluding tert-OH is 1. The maximum Gasteiger partial charge on any atom is 0.161 e.